The number of carbonyl (C=O) groups excluding carboxylic acids is 1. The number of carbonyl (C=O) groups is 1. The average molecular weight is 390 g/mol. The molecule has 0 aromatic heterocycles. The number of ether oxygens (including phenoxy) is 1. The predicted octanol–water partition coefficient (Wildman–Crippen LogP) is 3.10. The molecule has 26 heavy (non-hydrogen) atoms. The highest BCUT2D eigenvalue weighted by atomic mass is 32.2. The molecule has 0 unspecified atom stereocenters. The molecule has 2 rings (SSSR count). The quantitative estimate of drug-likeness (QED) is 0.401. The van der Waals surface area contributed by atoms with Gasteiger partial charge in [-0.2, -0.15) is 0 Å². The third-order valence-electron chi connectivity index (χ3n) is 3.62. The number of hydrogen-bond acceptors (Lipinski definition) is 4. The third-order valence-corrected chi connectivity index (χ3v) is 5.04. The summed E-state index contributed by atoms with van der Waals surface area (Å²) >= 11 is 6.67. The van der Waals surface area contributed by atoms with E-state index in [0.717, 1.165) is 16.2 Å². The van der Waals surface area contributed by atoms with Crippen molar-refractivity contribution in [1.82, 2.24) is 16.2 Å². The van der Waals surface area contributed by atoms with Crippen LogP contribution in [0.3, 0.4) is 0 Å². The first-order valence-corrected chi connectivity index (χ1v) is 9.53. The van der Waals surface area contributed by atoms with Crippen LogP contribution in [-0.4, -0.2) is 23.9 Å². The maximum Gasteiger partial charge on any atom is 0.248 e. The molecular formula is C19H23N3O2S2. The van der Waals surface area contributed by atoms with Gasteiger partial charge in [-0.05, 0) is 55.4 Å². The summed E-state index contributed by atoms with van der Waals surface area (Å²) in [5.74, 6) is 0.990. The Morgan fingerprint density at radius 2 is 1.85 bits per heavy atom. The molecule has 0 heterocycles. The van der Waals surface area contributed by atoms with Crippen molar-refractivity contribution in [3.63, 3.8) is 0 Å². The SMILES string of the molecule is COc1ccc(CNC(=S)NNC(=O)CSc2ccc(C)cc2C)cc1. The molecule has 3 N–H and O–H groups in total. The molecule has 0 bridgehead atoms. The summed E-state index contributed by atoms with van der Waals surface area (Å²) < 4.78 is 5.12. The van der Waals surface area contributed by atoms with Gasteiger partial charge in [0.25, 0.3) is 0 Å². The molecule has 0 spiro atoms. The van der Waals surface area contributed by atoms with Crippen LogP contribution in [0.2, 0.25) is 0 Å². The van der Waals surface area contributed by atoms with Gasteiger partial charge in [0.1, 0.15) is 5.75 Å². The smallest absolute Gasteiger partial charge is 0.248 e. The molecular weight excluding hydrogens is 366 g/mol. The van der Waals surface area contributed by atoms with Crippen molar-refractivity contribution in [2.45, 2.75) is 25.3 Å². The number of amides is 1. The second-order valence-corrected chi connectivity index (χ2v) is 7.19. The number of benzene rings is 2. The van der Waals surface area contributed by atoms with E-state index >= 15 is 0 Å². The lowest BCUT2D eigenvalue weighted by atomic mass is 10.2. The van der Waals surface area contributed by atoms with E-state index in [4.69, 9.17) is 17.0 Å². The fourth-order valence-corrected chi connectivity index (χ4v) is 3.17. The van der Waals surface area contributed by atoms with E-state index in [0.29, 0.717) is 17.4 Å². The lowest BCUT2D eigenvalue weighted by molar-refractivity contribution is -0.119. The van der Waals surface area contributed by atoms with Crippen LogP contribution in [0.25, 0.3) is 0 Å². The molecule has 2 aromatic rings. The molecule has 0 aliphatic heterocycles. The zero-order valence-electron chi connectivity index (χ0n) is 15.1. The minimum absolute atomic E-state index is 0.136. The van der Waals surface area contributed by atoms with Crippen LogP contribution in [0.1, 0.15) is 16.7 Å². The molecule has 5 nitrogen and oxygen atoms in total. The second-order valence-electron chi connectivity index (χ2n) is 5.76. The zero-order valence-corrected chi connectivity index (χ0v) is 16.7. The van der Waals surface area contributed by atoms with Gasteiger partial charge in [-0.3, -0.25) is 15.6 Å². The molecule has 2 aromatic carbocycles. The summed E-state index contributed by atoms with van der Waals surface area (Å²) in [6.07, 6.45) is 0. The number of thiocarbonyl (C=S) groups is 1. The summed E-state index contributed by atoms with van der Waals surface area (Å²) in [6.45, 7) is 4.66. The molecule has 0 fully saturated rings. The van der Waals surface area contributed by atoms with Crippen LogP contribution < -0.4 is 20.9 Å². The number of aryl methyl sites for hydroxylation is 2. The van der Waals surface area contributed by atoms with E-state index < -0.39 is 0 Å². The zero-order chi connectivity index (χ0) is 18.9. The van der Waals surface area contributed by atoms with Crippen molar-refractivity contribution in [3.8, 4) is 5.75 Å². The number of rotatable bonds is 6. The lowest BCUT2D eigenvalue weighted by Gasteiger charge is -2.12. The summed E-state index contributed by atoms with van der Waals surface area (Å²) in [4.78, 5) is 13.1. The highest BCUT2D eigenvalue weighted by molar-refractivity contribution is 8.00. The third kappa shape index (κ3) is 6.57. The topological polar surface area (TPSA) is 62.4 Å². The number of thioether (sulfide) groups is 1. The fraction of sp³-hybridized carbons (Fsp3) is 0.263. The molecule has 0 atom stereocenters. The largest absolute Gasteiger partial charge is 0.497 e. The van der Waals surface area contributed by atoms with Gasteiger partial charge < -0.3 is 10.1 Å². The summed E-state index contributed by atoms with van der Waals surface area (Å²) in [7, 11) is 1.63. The normalized spacial score (nSPS) is 10.1. The van der Waals surface area contributed by atoms with Gasteiger partial charge in [0.15, 0.2) is 5.11 Å². The van der Waals surface area contributed by atoms with E-state index in [1.54, 1.807) is 7.11 Å². The first-order valence-electron chi connectivity index (χ1n) is 8.13. The molecule has 1 amide bonds. The van der Waals surface area contributed by atoms with Crippen molar-refractivity contribution in [1.29, 1.82) is 0 Å². The summed E-state index contributed by atoms with van der Waals surface area (Å²) in [5.41, 5.74) is 8.77. The van der Waals surface area contributed by atoms with E-state index in [2.05, 4.69) is 29.2 Å². The Morgan fingerprint density at radius 3 is 2.50 bits per heavy atom. The van der Waals surface area contributed by atoms with Crippen molar-refractivity contribution in [2.75, 3.05) is 12.9 Å². The summed E-state index contributed by atoms with van der Waals surface area (Å²) in [5, 5.41) is 3.41. The van der Waals surface area contributed by atoms with E-state index in [1.165, 1.54) is 22.9 Å². The molecule has 0 aliphatic rings. The number of hydrazine groups is 1. The van der Waals surface area contributed by atoms with Gasteiger partial charge in [-0.25, -0.2) is 0 Å². The van der Waals surface area contributed by atoms with Crippen LogP contribution in [0.15, 0.2) is 47.4 Å². The van der Waals surface area contributed by atoms with Crippen LogP contribution in [-0.2, 0) is 11.3 Å². The van der Waals surface area contributed by atoms with E-state index in [-0.39, 0.29) is 5.91 Å². The van der Waals surface area contributed by atoms with E-state index in [1.807, 2.05) is 43.3 Å². The standard InChI is InChI=1S/C19H23N3O2S2/c1-13-4-9-17(14(2)10-13)26-12-18(23)21-22-19(25)20-11-15-5-7-16(24-3)8-6-15/h4-10H,11-12H2,1-3H3,(H,21,23)(H2,20,22,25). The lowest BCUT2D eigenvalue weighted by Crippen LogP contribution is -2.47. The Kier molecular flexibility index (Phi) is 7.74. The van der Waals surface area contributed by atoms with Gasteiger partial charge in [-0.1, -0.05) is 29.8 Å². The highest BCUT2D eigenvalue weighted by Crippen LogP contribution is 2.22. The Labute approximate surface area is 163 Å². The minimum Gasteiger partial charge on any atom is -0.497 e. The monoisotopic (exact) mass is 389 g/mol. The van der Waals surface area contributed by atoms with E-state index in [9.17, 15) is 4.79 Å². The molecule has 0 aliphatic carbocycles. The van der Waals surface area contributed by atoms with Crippen LogP contribution in [0, 0.1) is 13.8 Å². The second kappa shape index (κ2) is 10.0. The molecule has 0 saturated carbocycles. The van der Waals surface area contributed by atoms with Crippen molar-refractivity contribution >= 4 is 35.0 Å². The molecule has 0 radical (unpaired) electrons. The Morgan fingerprint density at radius 1 is 1.12 bits per heavy atom. The first kappa shape index (κ1) is 20.1. The van der Waals surface area contributed by atoms with Crippen LogP contribution >= 0.6 is 24.0 Å². The molecule has 0 saturated heterocycles. The van der Waals surface area contributed by atoms with Crippen LogP contribution in [0.4, 0.5) is 0 Å². The number of methoxy groups -OCH3 is 1. The molecule has 138 valence electrons. The minimum atomic E-state index is -0.136. The Balaban J connectivity index is 1.68. The van der Waals surface area contributed by atoms with Gasteiger partial charge in [0, 0.05) is 11.4 Å². The Bertz CT molecular complexity index is 764. The predicted molar refractivity (Wildman–Crippen MR) is 110 cm³/mol. The van der Waals surface area contributed by atoms with Gasteiger partial charge in [-0.15, -0.1) is 11.8 Å². The Hall–Kier alpha value is -2.25. The van der Waals surface area contributed by atoms with Gasteiger partial charge in [0.05, 0.1) is 12.9 Å². The maximum absolute atomic E-state index is 11.9. The summed E-state index contributed by atoms with van der Waals surface area (Å²) in [6, 6.07) is 13.9. The van der Waals surface area contributed by atoms with Gasteiger partial charge >= 0.3 is 0 Å². The highest BCUT2D eigenvalue weighted by Gasteiger charge is 2.06. The number of hydrogen-bond donors (Lipinski definition) is 3. The van der Waals surface area contributed by atoms with Crippen molar-refractivity contribution in [3.05, 3.63) is 59.2 Å². The number of nitrogens with one attached hydrogen (secondary N) is 3. The van der Waals surface area contributed by atoms with Crippen LogP contribution in [0.5, 0.6) is 5.75 Å². The van der Waals surface area contributed by atoms with Gasteiger partial charge in [0.2, 0.25) is 5.91 Å². The fourth-order valence-electron chi connectivity index (χ4n) is 2.24. The van der Waals surface area contributed by atoms with Crippen molar-refractivity contribution < 1.29 is 9.53 Å². The maximum atomic E-state index is 11.9. The van der Waals surface area contributed by atoms with Crippen molar-refractivity contribution in [2.24, 2.45) is 0 Å². The molecule has 7 heteroatoms. The first-order chi connectivity index (χ1) is 12.5. The average Bonchev–Trinajstić information content (AvgIpc) is 2.64.